The summed E-state index contributed by atoms with van der Waals surface area (Å²) in [5.74, 6) is 1.53. The maximum Gasteiger partial charge on any atom is 0.316 e. The second-order valence-corrected chi connectivity index (χ2v) is 18.9. The molecule has 8 fully saturated rings. The van der Waals surface area contributed by atoms with Crippen LogP contribution in [-0.2, 0) is 18.9 Å². The fourth-order valence-electron chi connectivity index (χ4n) is 14.0. The molecule has 3 aliphatic heterocycles. The fourth-order valence-corrected chi connectivity index (χ4v) is 14.0. The minimum atomic E-state index is -1.19. The van der Waals surface area contributed by atoms with Gasteiger partial charge in [0.15, 0.2) is 12.4 Å². The molecule has 51 heavy (non-hydrogen) atoms. The highest BCUT2D eigenvalue weighted by Crippen LogP contribution is 2.88. The summed E-state index contributed by atoms with van der Waals surface area (Å²) in [4.78, 5) is 11.1. The van der Waals surface area contributed by atoms with E-state index >= 15 is 0 Å². The highest BCUT2D eigenvalue weighted by atomic mass is 16.7. The van der Waals surface area contributed by atoms with Gasteiger partial charge < -0.3 is 33.9 Å². The van der Waals surface area contributed by atoms with Crippen LogP contribution in [0.2, 0.25) is 0 Å². The van der Waals surface area contributed by atoms with Crippen LogP contribution < -0.4 is 4.74 Å². The quantitative estimate of drug-likeness (QED) is 0.368. The Hall–Kier alpha value is -1.66. The maximum atomic E-state index is 12.7. The topological polar surface area (TPSA) is 116 Å². The van der Waals surface area contributed by atoms with Crippen LogP contribution in [0.5, 0.6) is 6.01 Å². The summed E-state index contributed by atoms with van der Waals surface area (Å²) in [5, 5.41) is 24.1. The van der Waals surface area contributed by atoms with Gasteiger partial charge in [0.05, 0.1) is 62.4 Å². The van der Waals surface area contributed by atoms with Gasteiger partial charge in [0, 0.05) is 24.4 Å². The highest BCUT2D eigenvalue weighted by Gasteiger charge is 2.84. The molecule has 5 aliphatic carbocycles. The predicted octanol–water partition coefficient (Wildman–Crippen LogP) is 5.17. The standard InChI is InChI=1S/C41H61N3O7/c1-7-26-27-9-10-30-39(6)34(45)33-32(24(2)19-29(50-33)35(37(3,4)46)51-36-42-15-8-16-43-36)38(39,5)13-14-41(30)23-40(27,41)12-11-28(26)49-31-20-44(17-18-48-31)25-21-47-22-25/h7-8,15-16,24-25,27-35,45-46H,9-14,17-23H2,1-6H3/b26-7-/t24-,27+,28?,29?,30?,31+,32?,33?,34+,35?,38?,39-,40?,41?/m1/s1. The van der Waals surface area contributed by atoms with E-state index < -0.39 is 17.8 Å². The van der Waals surface area contributed by atoms with Gasteiger partial charge in [-0.3, -0.25) is 4.90 Å². The summed E-state index contributed by atoms with van der Waals surface area (Å²) in [7, 11) is 0. The second-order valence-electron chi connectivity index (χ2n) is 18.9. The van der Waals surface area contributed by atoms with Crippen molar-refractivity contribution in [2.45, 2.75) is 141 Å². The summed E-state index contributed by atoms with van der Waals surface area (Å²) in [6.45, 7) is 17.2. The SMILES string of the molecule is C/C=C1\C(O[C@H]2CN(C3COC3)CCO2)CCC23CC24CCC2(C)C5C(OC(C(Oc6ncccn6)C(C)(C)O)C[C@H]5C)[C@H](O)[C@@]2(C)C4CC[C@@H]13. The second kappa shape index (κ2) is 12.2. The molecule has 8 aliphatic rings. The lowest BCUT2D eigenvalue weighted by Gasteiger charge is -2.62. The van der Waals surface area contributed by atoms with E-state index in [9.17, 15) is 10.2 Å². The van der Waals surface area contributed by atoms with Gasteiger partial charge in [0.25, 0.3) is 0 Å². The molecule has 14 atom stereocenters. The molecule has 10 heteroatoms. The summed E-state index contributed by atoms with van der Waals surface area (Å²) in [6.07, 6.45) is 12.6. The van der Waals surface area contributed by atoms with E-state index in [-0.39, 0.29) is 52.8 Å². The van der Waals surface area contributed by atoms with Crippen molar-refractivity contribution in [3.05, 3.63) is 30.1 Å². The highest BCUT2D eigenvalue weighted by molar-refractivity contribution is 5.37. The number of aliphatic hydroxyl groups is 2. The van der Waals surface area contributed by atoms with Crippen LogP contribution in [0.4, 0.5) is 0 Å². The first kappa shape index (κ1) is 35.1. The van der Waals surface area contributed by atoms with Crippen molar-refractivity contribution in [3.63, 3.8) is 0 Å². The number of aromatic nitrogens is 2. The molecule has 2 spiro atoms. The Morgan fingerprint density at radius 1 is 1.08 bits per heavy atom. The molecule has 5 saturated carbocycles. The average molecular weight is 708 g/mol. The molecule has 3 saturated heterocycles. The molecule has 282 valence electrons. The Morgan fingerprint density at radius 3 is 2.57 bits per heavy atom. The van der Waals surface area contributed by atoms with E-state index in [2.05, 4.69) is 48.6 Å². The zero-order valence-corrected chi connectivity index (χ0v) is 31.6. The molecule has 9 unspecified atom stereocenters. The van der Waals surface area contributed by atoms with Gasteiger partial charge >= 0.3 is 6.01 Å². The Bertz CT molecular complexity index is 1500. The van der Waals surface area contributed by atoms with Gasteiger partial charge in [-0.1, -0.05) is 26.8 Å². The van der Waals surface area contributed by atoms with Crippen LogP contribution in [-0.4, -0.2) is 106 Å². The molecule has 0 radical (unpaired) electrons. The molecular weight excluding hydrogens is 646 g/mol. The van der Waals surface area contributed by atoms with E-state index in [0.717, 1.165) is 65.0 Å². The van der Waals surface area contributed by atoms with E-state index in [1.54, 1.807) is 32.3 Å². The molecule has 4 heterocycles. The van der Waals surface area contributed by atoms with Gasteiger partial charge in [-0.15, -0.1) is 0 Å². The summed E-state index contributed by atoms with van der Waals surface area (Å²) in [5.41, 5.74) is 0.559. The normalized spacial score (nSPS) is 49.5. The average Bonchev–Trinajstić information content (AvgIpc) is 3.71. The van der Waals surface area contributed by atoms with Gasteiger partial charge in [-0.25, -0.2) is 9.97 Å². The van der Waals surface area contributed by atoms with Crippen molar-refractivity contribution in [1.29, 1.82) is 0 Å². The molecule has 0 bridgehead atoms. The van der Waals surface area contributed by atoms with Crippen LogP contribution in [0.15, 0.2) is 30.1 Å². The number of allylic oxidation sites excluding steroid dienone is 1. The lowest BCUT2D eigenvalue weighted by molar-refractivity contribution is -0.220. The van der Waals surface area contributed by atoms with Gasteiger partial charge in [-0.05, 0) is 124 Å². The van der Waals surface area contributed by atoms with Crippen LogP contribution >= 0.6 is 0 Å². The van der Waals surface area contributed by atoms with E-state index in [1.807, 2.05) is 0 Å². The van der Waals surface area contributed by atoms with Crippen molar-refractivity contribution in [2.75, 3.05) is 32.9 Å². The Labute approximate surface area is 304 Å². The van der Waals surface area contributed by atoms with Gasteiger partial charge in [-0.2, -0.15) is 0 Å². The number of nitrogens with zero attached hydrogens (tertiary/aromatic N) is 3. The number of hydrogen-bond donors (Lipinski definition) is 2. The molecule has 0 aromatic carbocycles. The Balaban J connectivity index is 0.950. The molecule has 2 N–H and O–H groups in total. The number of morpholine rings is 1. The van der Waals surface area contributed by atoms with Crippen molar-refractivity contribution in [1.82, 2.24) is 14.9 Å². The number of hydrogen-bond acceptors (Lipinski definition) is 10. The smallest absolute Gasteiger partial charge is 0.316 e. The molecule has 1 aromatic heterocycles. The monoisotopic (exact) mass is 707 g/mol. The van der Waals surface area contributed by atoms with Crippen LogP contribution in [0, 0.1) is 45.3 Å². The van der Waals surface area contributed by atoms with E-state index in [0.29, 0.717) is 29.2 Å². The Kier molecular flexibility index (Phi) is 8.37. The van der Waals surface area contributed by atoms with Crippen LogP contribution in [0.25, 0.3) is 0 Å². The van der Waals surface area contributed by atoms with E-state index in [4.69, 9.17) is 23.7 Å². The van der Waals surface area contributed by atoms with Crippen molar-refractivity contribution in [3.8, 4) is 6.01 Å². The fraction of sp³-hybridized carbons (Fsp3) is 0.854. The number of ether oxygens (including phenoxy) is 5. The van der Waals surface area contributed by atoms with E-state index in [1.165, 1.54) is 24.8 Å². The molecule has 10 nitrogen and oxygen atoms in total. The van der Waals surface area contributed by atoms with Gasteiger partial charge in [0.2, 0.25) is 0 Å². The first-order valence-electron chi connectivity index (χ1n) is 20.1. The number of fused-ring (bicyclic) bond motifs is 4. The lowest BCUT2D eigenvalue weighted by Crippen LogP contribution is -2.58. The minimum absolute atomic E-state index is 0.0406. The zero-order valence-electron chi connectivity index (χ0n) is 31.6. The predicted molar refractivity (Wildman–Crippen MR) is 190 cm³/mol. The molecule has 1 aromatic rings. The zero-order chi connectivity index (χ0) is 35.6. The van der Waals surface area contributed by atoms with Crippen molar-refractivity contribution < 1.29 is 33.9 Å². The first-order chi connectivity index (χ1) is 24.4. The minimum Gasteiger partial charge on any atom is -0.454 e. The molecule has 9 rings (SSSR count). The third-order valence-corrected chi connectivity index (χ3v) is 16.5. The largest absolute Gasteiger partial charge is 0.454 e. The van der Waals surface area contributed by atoms with Crippen molar-refractivity contribution >= 4 is 0 Å². The van der Waals surface area contributed by atoms with Crippen LogP contribution in [0.1, 0.15) is 92.9 Å². The maximum absolute atomic E-state index is 12.7. The van der Waals surface area contributed by atoms with Crippen LogP contribution in [0.3, 0.4) is 0 Å². The first-order valence-corrected chi connectivity index (χ1v) is 20.1. The third kappa shape index (κ3) is 4.98. The number of rotatable bonds is 7. The molecule has 0 amide bonds. The lowest BCUT2D eigenvalue weighted by atomic mass is 9.42. The van der Waals surface area contributed by atoms with Crippen molar-refractivity contribution in [2.24, 2.45) is 45.3 Å². The molecular formula is C41H61N3O7. The summed E-state index contributed by atoms with van der Waals surface area (Å²) >= 11 is 0. The van der Waals surface area contributed by atoms with Gasteiger partial charge in [0.1, 0.15) is 0 Å². The Morgan fingerprint density at radius 2 is 1.86 bits per heavy atom. The summed E-state index contributed by atoms with van der Waals surface area (Å²) < 4.78 is 31.8. The summed E-state index contributed by atoms with van der Waals surface area (Å²) in [6, 6.07) is 2.49. The third-order valence-electron chi connectivity index (χ3n) is 16.5. The number of aliphatic hydroxyl groups excluding tert-OH is 1.